The van der Waals surface area contributed by atoms with Gasteiger partial charge in [0.1, 0.15) is 0 Å². The number of rotatable bonds is 3. The smallest absolute Gasteiger partial charge is 0.223 e. The zero-order chi connectivity index (χ0) is 17.4. The molecular weight excluding hydrogens is 318 g/mol. The minimum atomic E-state index is -0.363. The first-order chi connectivity index (χ1) is 12.1. The van der Waals surface area contributed by atoms with Crippen molar-refractivity contribution in [2.24, 2.45) is 11.7 Å². The lowest BCUT2D eigenvalue weighted by Gasteiger charge is -2.37. The molecule has 2 fully saturated rings. The summed E-state index contributed by atoms with van der Waals surface area (Å²) in [6.07, 6.45) is 6.66. The van der Waals surface area contributed by atoms with Gasteiger partial charge in [-0.15, -0.1) is 5.10 Å². The molecule has 0 saturated carbocycles. The topological polar surface area (TPSA) is 92.4 Å². The van der Waals surface area contributed by atoms with E-state index in [1.165, 1.54) is 18.4 Å². The second kappa shape index (κ2) is 6.61. The van der Waals surface area contributed by atoms with E-state index in [0.717, 1.165) is 50.3 Å². The van der Waals surface area contributed by atoms with Crippen molar-refractivity contribution in [1.82, 2.24) is 15.1 Å². The number of carbonyl (C=O) groups excluding carboxylic acids is 2. The average molecular weight is 343 g/mol. The van der Waals surface area contributed by atoms with Gasteiger partial charge in [0.05, 0.1) is 11.6 Å². The van der Waals surface area contributed by atoms with Gasteiger partial charge in [0.15, 0.2) is 5.82 Å². The Kier molecular flexibility index (Phi) is 4.31. The minimum Gasteiger partial charge on any atom is -0.369 e. The zero-order valence-corrected chi connectivity index (χ0v) is 14.5. The Morgan fingerprint density at radius 1 is 1.16 bits per heavy atom. The molecule has 0 bridgehead atoms. The molecule has 1 aromatic rings. The number of nitrogens with two attached hydrogens (primary N) is 1. The third-order valence-electron chi connectivity index (χ3n) is 5.85. The quantitative estimate of drug-likeness (QED) is 0.870. The van der Waals surface area contributed by atoms with Crippen molar-refractivity contribution in [2.75, 3.05) is 24.5 Å². The number of fused-ring (bicyclic) bond motifs is 1. The fourth-order valence-corrected chi connectivity index (χ4v) is 4.32. The van der Waals surface area contributed by atoms with Gasteiger partial charge in [-0.25, -0.2) is 0 Å². The summed E-state index contributed by atoms with van der Waals surface area (Å²) >= 11 is 0. The van der Waals surface area contributed by atoms with Crippen molar-refractivity contribution >= 4 is 17.6 Å². The molecule has 1 atom stereocenters. The Bertz CT molecular complexity index is 684. The van der Waals surface area contributed by atoms with E-state index >= 15 is 0 Å². The van der Waals surface area contributed by atoms with E-state index in [1.807, 2.05) is 4.90 Å². The highest BCUT2D eigenvalue weighted by molar-refractivity contribution is 5.88. The van der Waals surface area contributed by atoms with Crippen LogP contribution in [0.5, 0.6) is 0 Å². The molecule has 1 aliphatic carbocycles. The van der Waals surface area contributed by atoms with Gasteiger partial charge in [-0.05, 0) is 50.2 Å². The van der Waals surface area contributed by atoms with Crippen LogP contribution in [0.1, 0.15) is 43.4 Å². The highest BCUT2D eigenvalue weighted by atomic mass is 16.2. The standard InChI is InChI=1S/C18H25N5O2/c19-18(25)13-10-17(24)23(11-13)14-5-7-22(8-6-14)16-9-12-3-1-2-4-15(12)20-21-16/h9,13-14H,1-8,10-11H2,(H2,19,25). The Balaban J connectivity index is 1.39. The number of carbonyl (C=O) groups is 2. The Morgan fingerprint density at radius 3 is 2.64 bits per heavy atom. The SMILES string of the molecule is NC(=O)C1CC(=O)N(C2CCN(c3cc4c(nn3)CCCC4)CC2)C1. The van der Waals surface area contributed by atoms with Crippen LogP contribution in [-0.2, 0) is 22.4 Å². The second-order valence-corrected chi connectivity index (χ2v) is 7.45. The molecule has 7 nitrogen and oxygen atoms in total. The molecule has 0 spiro atoms. The normalized spacial score (nSPS) is 24.5. The summed E-state index contributed by atoms with van der Waals surface area (Å²) in [5.74, 6) is 0.340. The molecule has 1 unspecified atom stereocenters. The van der Waals surface area contributed by atoms with Gasteiger partial charge in [-0.2, -0.15) is 5.10 Å². The summed E-state index contributed by atoms with van der Waals surface area (Å²) in [4.78, 5) is 27.7. The summed E-state index contributed by atoms with van der Waals surface area (Å²) in [6, 6.07) is 2.41. The van der Waals surface area contributed by atoms with Gasteiger partial charge >= 0.3 is 0 Å². The van der Waals surface area contributed by atoms with Crippen molar-refractivity contribution in [3.8, 4) is 0 Å². The molecule has 2 aliphatic heterocycles. The molecule has 4 rings (SSSR count). The van der Waals surface area contributed by atoms with E-state index in [-0.39, 0.29) is 30.2 Å². The van der Waals surface area contributed by atoms with Crippen LogP contribution in [0.2, 0.25) is 0 Å². The monoisotopic (exact) mass is 343 g/mol. The maximum absolute atomic E-state index is 12.2. The molecule has 0 radical (unpaired) electrons. The lowest BCUT2D eigenvalue weighted by Crippen LogP contribution is -2.46. The van der Waals surface area contributed by atoms with Crippen LogP contribution < -0.4 is 10.6 Å². The lowest BCUT2D eigenvalue weighted by molar-refractivity contribution is -0.130. The highest BCUT2D eigenvalue weighted by Gasteiger charge is 2.38. The molecule has 134 valence electrons. The summed E-state index contributed by atoms with van der Waals surface area (Å²) in [6.45, 7) is 2.21. The van der Waals surface area contributed by atoms with E-state index < -0.39 is 0 Å². The van der Waals surface area contributed by atoms with Crippen LogP contribution in [-0.4, -0.2) is 52.6 Å². The first-order valence-corrected chi connectivity index (χ1v) is 9.31. The Morgan fingerprint density at radius 2 is 1.92 bits per heavy atom. The molecule has 3 aliphatic rings. The average Bonchev–Trinajstić information content (AvgIpc) is 3.03. The summed E-state index contributed by atoms with van der Waals surface area (Å²) in [5, 5.41) is 8.85. The molecule has 0 aromatic carbocycles. The van der Waals surface area contributed by atoms with Gasteiger partial charge in [0.25, 0.3) is 0 Å². The number of hydrogen-bond acceptors (Lipinski definition) is 5. The molecular formula is C18H25N5O2. The van der Waals surface area contributed by atoms with Crippen LogP contribution in [0, 0.1) is 5.92 Å². The highest BCUT2D eigenvalue weighted by Crippen LogP contribution is 2.28. The Labute approximate surface area is 147 Å². The minimum absolute atomic E-state index is 0.0656. The van der Waals surface area contributed by atoms with Gasteiger partial charge < -0.3 is 15.5 Å². The van der Waals surface area contributed by atoms with Gasteiger partial charge in [-0.3, -0.25) is 9.59 Å². The molecule has 3 heterocycles. The number of anilines is 1. The van der Waals surface area contributed by atoms with Gasteiger partial charge in [0.2, 0.25) is 11.8 Å². The molecule has 1 aromatic heterocycles. The van der Waals surface area contributed by atoms with Gasteiger partial charge in [0, 0.05) is 32.1 Å². The number of likely N-dealkylation sites (tertiary alicyclic amines) is 1. The van der Waals surface area contributed by atoms with E-state index in [0.29, 0.717) is 6.54 Å². The van der Waals surface area contributed by atoms with Crippen LogP contribution in [0.4, 0.5) is 5.82 Å². The molecule has 2 N–H and O–H groups in total. The first kappa shape index (κ1) is 16.3. The maximum Gasteiger partial charge on any atom is 0.223 e. The summed E-state index contributed by atoms with van der Waals surface area (Å²) in [5.41, 5.74) is 7.87. The third kappa shape index (κ3) is 3.19. The molecule has 2 saturated heterocycles. The van der Waals surface area contributed by atoms with Gasteiger partial charge in [-0.1, -0.05) is 0 Å². The predicted molar refractivity (Wildman–Crippen MR) is 92.9 cm³/mol. The lowest BCUT2D eigenvalue weighted by atomic mass is 9.96. The summed E-state index contributed by atoms with van der Waals surface area (Å²) in [7, 11) is 0. The van der Waals surface area contributed by atoms with Crippen molar-refractivity contribution in [3.63, 3.8) is 0 Å². The number of amides is 2. The number of piperidine rings is 1. The first-order valence-electron chi connectivity index (χ1n) is 9.31. The maximum atomic E-state index is 12.2. The number of hydrogen-bond donors (Lipinski definition) is 1. The van der Waals surface area contributed by atoms with E-state index in [1.54, 1.807) is 0 Å². The van der Waals surface area contributed by atoms with Crippen LogP contribution in [0.25, 0.3) is 0 Å². The zero-order valence-electron chi connectivity index (χ0n) is 14.5. The molecule has 7 heteroatoms. The van der Waals surface area contributed by atoms with Crippen molar-refractivity contribution in [3.05, 3.63) is 17.3 Å². The van der Waals surface area contributed by atoms with Crippen LogP contribution in [0.3, 0.4) is 0 Å². The van der Waals surface area contributed by atoms with Crippen molar-refractivity contribution < 1.29 is 9.59 Å². The number of primary amides is 1. The third-order valence-corrected chi connectivity index (χ3v) is 5.85. The van der Waals surface area contributed by atoms with E-state index in [2.05, 4.69) is 21.2 Å². The van der Waals surface area contributed by atoms with E-state index in [4.69, 9.17) is 5.73 Å². The summed E-state index contributed by atoms with van der Waals surface area (Å²) < 4.78 is 0. The van der Waals surface area contributed by atoms with Crippen LogP contribution >= 0.6 is 0 Å². The molecule has 2 amide bonds. The van der Waals surface area contributed by atoms with Crippen molar-refractivity contribution in [2.45, 2.75) is 51.0 Å². The number of aryl methyl sites for hydroxylation is 2. The van der Waals surface area contributed by atoms with Crippen molar-refractivity contribution in [1.29, 1.82) is 0 Å². The Hall–Kier alpha value is -2.18. The fraction of sp³-hybridized carbons (Fsp3) is 0.667. The number of nitrogens with zero attached hydrogens (tertiary/aromatic N) is 4. The largest absolute Gasteiger partial charge is 0.369 e. The predicted octanol–water partition coefficient (Wildman–Crippen LogP) is 0.658. The second-order valence-electron chi connectivity index (χ2n) is 7.45. The fourth-order valence-electron chi connectivity index (χ4n) is 4.32. The molecule has 25 heavy (non-hydrogen) atoms. The van der Waals surface area contributed by atoms with Crippen LogP contribution in [0.15, 0.2) is 6.07 Å². The van der Waals surface area contributed by atoms with E-state index in [9.17, 15) is 9.59 Å². The number of aromatic nitrogens is 2.